The third-order valence-corrected chi connectivity index (χ3v) is 1.53. The Balaban J connectivity index is 2.23. The van der Waals surface area contributed by atoms with Gasteiger partial charge < -0.3 is 9.57 Å². The van der Waals surface area contributed by atoms with Crippen LogP contribution >= 0.6 is 0 Å². The van der Waals surface area contributed by atoms with Crippen molar-refractivity contribution in [3.8, 4) is 5.75 Å². The summed E-state index contributed by atoms with van der Waals surface area (Å²) in [6, 6.07) is 8.84. The summed E-state index contributed by atoms with van der Waals surface area (Å²) >= 11 is 0. The summed E-state index contributed by atoms with van der Waals surface area (Å²) in [5.74, 6) is -0.960. The van der Waals surface area contributed by atoms with Crippen molar-refractivity contribution in [3.05, 3.63) is 43.0 Å². The molecule has 0 heterocycles. The van der Waals surface area contributed by atoms with E-state index in [1.807, 2.05) is 6.07 Å². The van der Waals surface area contributed by atoms with Crippen molar-refractivity contribution in [1.29, 1.82) is 0 Å². The van der Waals surface area contributed by atoms with E-state index >= 15 is 0 Å². The Hall–Kier alpha value is -2.14. The minimum Gasteiger partial charge on any atom is -0.408 e. The number of carbonyl (C=O) groups excluding carboxylic acids is 2. The molecule has 1 N–H and O–H groups in total. The Bertz CT molecular complexity index is 375. The maximum absolute atomic E-state index is 11.0. The Kier molecular flexibility index (Phi) is 4.75. The first kappa shape index (κ1) is 11.9. The van der Waals surface area contributed by atoms with Crippen molar-refractivity contribution in [2.45, 2.75) is 0 Å². The van der Waals surface area contributed by atoms with Crippen molar-refractivity contribution >= 4 is 11.9 Å². The summed E-state index contributed by atoms with van der Waals surface area (Å²) in [4.78, 5) is 26.6. The maximum atomic E-state index is 11.0. The second-order valence-corrected chi connectivity index (χ2v) is 2.73. The predicted octanol–water partition coefficient (Wildman–Crippen LogP) is 0.826. The quantitative estimate of drug-likeness (QED) is 0.345. The molecule has 84 valence electrons. The smallest absolute Gasteiger partial charge is 0.337 e. The number of ether oxygens (including phenoxy) is 1. The van der Waals surface area contributed by atoms with Gasteiger partial charge in [-0.3, -0.25) is 4.79 Å². The first-order valence-corrected chi connectivity index (χ1v) is 4.54. The molecule has 0 unspecified atom stereocenters. The van der Waals surface area contributed by atoms with Crippen molar-refractivity contribution < 1.29 is 19.2 Å². The summed E-state index contributed by atoms with van der Waals surface area (Å²) in [6.07, 6.45) is 0.913. The molecular weight excluding hydrogens is 210 g/mol. The van der Waals surface area contributed by atoms with E-state index in [1.54, 1.807) is 24.3 Å². The van der Waals surface area contributed by atoms with Crippen molar-refractivity contribution in [3.63, 3.8) is 0 Å². The molecule has 0 fully saturated rings. The fraction of sp³-hybridized carbons (Fsp3) is 0.0909. The molecule has 5 heteroatoms. The molecule has 0 saturated carbocycles. The molecule has 0 bridgehead atoms. The van der Waals surface area contributed by atoms with Crippen LogP contribution in [-0.2, 0) is 14.3 Å². The van der Waals surface area contributed by atoms with Gasteiger partial charge in [0.2, 0.25) is 0 Å². The number of para-hydroxylation sites is 1. The molecular formula is C11H11NO4. The zero-order valence-electron chi connectivity index (χ0n) is 8.51. The van der Waals surface area contributed by atoms with Gasteiger partial charge >= 0.3 is 11.9 Å². The topological polar surface area (TPSA) is 64.6 Å². The van der Waals surface area contributed by atoms with Crippen LogP contribution in [0.5, 0.6) is 5.75 Å². The molecule has 16 heavy (non-hydrogen) atoms. The summed E-state index contributed by atoms with van der Waals surface area (Å²) in [6.45, 7) is 2.94. The van der Waals surface area contributed by atoms with E-state index in [9.17, 15) is 9.59 Å². The van der Waals surface area contributed by atoms with E-state index in [4.69, 9.17) is 4.84 Å². The second kappa shape index (κ2) is 6.36. The van der Waals surface area contributed by atoms with Crippen molar-refractivity contribution in [2.24, 2.45) is 0 Å². The van der Waals surface area contributed by atoms with Crippen LogP contribution in [-0.4, -0.2) is 18.5 Å². The maximum Gasteiger partial charge on any atom is 0.337 e. The van der Waals surface area contributed by atoms with Gasteiger partial charge in [0.1, 0.15) is 12.3 Å². The molecule has 0 aliphatic rings. The first-order valence-electron chi connectivity index (χ1n) is 4.54. The standard InChI is InChI=1S/C11H11NO4/c1-2-10(13)15-11(14)8-12-16-9-6-4-3-5-7-9/h2-7,12H,1,8H2. The van der Waals surface area contributed by atoms with E-state index < -0.39 is 11.9 Å². The van der Waals surface area contributed by atoms with Gasteiger partial charge in [-0.05, 0) is 12.1 Å². The molecule has 0 spiro atoms. The molecule has 5 nitrogen and oxygen atoms in total. The van der Waals surface area contributed by atoms with Gasteiger partial charge in [-0.25, -0.2) is 4.79 Å². The lowest BCUT2D eigenvalue weighted by Crippen LogP contribution is -2.28. The van der Waals surface area contributed by atoms with Crippen LogP contribution in [0.25, 0.3) is 0 Å². The molecule has 0 aromatic heterocycles. The molecule has 0 aliphatic carbocycles. The van der Waals surface area contributed by atoms with Gasteiger partial charge in [-0.1, -0.05) is 24.8 Å². The summed E-state index contributed by atoms with van der Waals surface area (Å²) in [7, 11) is 0. The highest BCUT2D eigenvalue weighted by molar-refractivity contribution is 5.92. The highest BCUT2D eigenvalue weighted by Crippen LogP contribution is 2.05. The van der Waals surface area contributed by atoms with Crippen molar-refractivity contribution in [1.82, 2.24) is 5.48 Å². The Morgan fingerprint density at radius 1 is 1.31 bits per heavy atom. The number of nitrogens with one attached hydrogen (secondary N) is 1. The summed E-state index contributed by atoms with van der Waals surface area (Å²) < 4.78 is 4.30. The zero-order chi connectivity index (χ0) is 11.8. The van der Waals surface area contributed by atoms with Crippen LogP contribution in [0.3, 0.4) is 0 Å². The minimum absolute atomic E-state index is 0.228. The van der Waals surface area contributed by atoms with Crippen LogP contribution in [0.4, 0.5) is 0 Å². The molecule has 1 aromatic carbocycles. The Morgan fingerprint density at radius 3 is 2.62 bits per heavy atom. The fourth-order valence-corrected chi connectivity index (χ4v) is 0.857. The fourth-order valence-electron chi connectivity index (χ4n) is 0.857. The summed E-state index contributed by atoms with van der Waals surface area (Å²) in [5.41, 5.74) is 2.37. The highest BCUT2D eigenvalue weighted by Gasteiger charge is 2.06. The van der Waals surface area contributed by atoms with Gasteiger partial charge in [0.25, 0.3) is 0 Å². The normalized spacial score (nSPS) is 9.25. The average Bonchev–Trinajstić information content (AvgIpc) is 2.30. The average molecular weight is 221 g/mol. The molecule has 0 atom stereocenters. The third-order valence-electron chi connectivity index (χ3n) is 1.53. The van der Waals surface area contributed by atoms with E-state index in [2.05, 4.69) is 16.8 Å². The predicted molar refractivity (Wildman–Crippen MR) is 56.4 cm³/mol. The summed E-state index contributed by atoms with van der Waals surface area (Å²) in [5, 5.41) is 0. The van der Waals surface area contributed by atoms with Crippen LogP contribution < -0.4 is 10.3 Å². The van der Waals surface area contributed by atoms with E-state index in [0.29, 0.717) is 5.75 Å². The Morgan fingerprint density at radius 2 is 2.00 bits per heavy atom. The number of hydroxylamine groups is 1. The van der Waals surface area contributed by atoms with Crippen LogP contribution in [0.15, 0.2) is 43.0 Å². The van der Waals surface area contributed by atoms with Gasteiger partial charge in [-0.2, -0.15) is 0 Å². The first-order chi connectivity index (χ1) is 7.72. The third kappa shape index (κ3) is 4.39. The molecule has 1 aromatic rings. The molecule has 0 aliphatic heterocycles. The van der Waals surface area contributed by atoms with Gasteiger partial charge in [-0.15, -0.1) is 5.48 Å². The van der Waals surface area contributed by atoms with E-state index in [-0.39, 0.29) is 6.54 Å². The van der Waals surface area contributed by atoms with Crippen LogP contribution in [0, 0.1) is 0 Å². The number of esters is 2. The van der Waals surface area contributed by atoms with E-state index in [0.717, 1.165) is 6.08 Å². The van der Waals surface area contributed by atoms with Gasteiger partial charge in [0, 0.05) is 6.08 Å². The number of hydrogen-bond donors (Lipinski definition) is 1. The van der Waals surface area contributed by atoms with Crippen LogP contribution in [0.1, 0.15) is 0 Å². The van der Waals surface area contributed by atoms with Crippen LogP contribution in [0.2, 0.25) is 0 Å². The number of carbonyl (C=O) groups is 2. The lowest BCUT2D eigenvalue weighted by atomic mass is 10.3. The zero-order valence-corrected chi connectivity index (χ0v) is 8.51. The van der Waals surface area contributed by atoms with E-state index in [1.165, 1.54) is 0 Å². The SMILES string of the molecule is C=CC(=O)OC(=O)CNOc1ccccc1. The Labute approximate surface area is 92.6 Å². The molecule has 0 saturated heterocycles. The van der Waals surface area contributed by atoms with Gasteiger partial charge in [0.05, 0.1) is 0 Å². The molecule has 1 rings (SSSR count). The molecule has 0 radical (unpaired) electrons. The number of rotatable bonds is 5. The second-order valence-electron chi connectivity index (χ2n) is 2.73. The van der Waals surface area contributed by atoms with Crippen molar-refractivity contribution in [2.75, 3.05) is 6.54 Å². The highest BCUT2D eigenvalue weighted by atomic mass is 16.7. The molecule has 0 amide bonds. The largest absolute Gasteiger partial charge is 0.408 e. The van der Waals surface area contributed by atoms with Gasteiger partial charge in [0.15, 0.2) is 0 Å². The minimum atomic E-state index is -0.786. The lowest BCUT2D eigenvalue weighted by Gasteiger charge is -2.05. The number of benzene rings is 1. The lowest BCUT2D eigenvalue weighted by molar-refractivity contribution is -0.156. The monoisotopic (exact) mass is 221 g/mol. The number of hydrogen-bond acceptors (Lipinski definition) is 5.